The molecule has 0 spiro atoms. The van der Waals surface area contributed by atoms with Crippen LogP contribution in [0.1, 0.15) is 12.5 Å². The third-order valence-electron chi connectivity index (χ3n) is 3.26. The molecule has 0 radical (unpaired) electrons. The minimum atomic E-state index is 0.605. The number of aromatic nitrogens is 2. The van der Waals surface area contributed by atoms with Crippen LogP contribution in [0.4, 0.5) is 17.5 Å². The molecule has 0 unspecified atom stereocenters. The van der Waals surface area contributed by atoms with Gasteiger partial charge in [0.1, 0.15) is 5.82 Å². The highest BCUT2D eigenvalue weighted by Gasteiger charge is 2.06. The van der Waals surface area contributed by atoms with E-state index < -0.39 is 0 Å². The number of hydrogen-bond acceptors (Lipinski definition) is 4. The molecule has 0 saturated carbocycles. The van der Waals surface area contributed by atoms with Crippen LogP contribution in [0.3, 0.4) is 0 Å². The summed E-state index contributed by atoms with van der Waals surface area (Å²) in [5, 5.41) is 7.59. The van der Waals surface area contributed by atoms with Gasteiger partial charge in [-0.2, -0.15) is 4.98 Å². The molecule has 4 heteroatoms. The van der Waals surface area contributed by atoms with E-state index in [-0.39, 0.29) is 0 Å². The van der Waals surface area contributed by atoms with E-state index in [9.17, 15) is 0 Å². The van der Waals surface area contributed by atoms with E-state index >= 15 is 0 Å². The van der Waals surface area contributed by atoms with Gasteiger partial charge in [0.15, 0.2) is 0 Å². The zero-order chi connectivity index (χ0) is 14.7. The monoisotopic (exact) mass is 278 g/mol. The fourth-order valence-corrected chi connectivity index (χ4v) is 2.20. The third kappa shape index (κ3) is 2.94. The Morgan fingerprint density at radius 1 is 0.952 bits per heavy atom. The molecule has 1 heterocycles. The quantitative estimate of drug-likeness (QED) is 0.754. The van der Waals surface area contributed by atoms with Crippen molar-refractivity contribution >= 4 is 28.4 Å². The maximum atomic E-state index is 4.58. The summed E-state index contributed by atoms with van der Waals surface area (Å²) in [5.41, 5.74) is 3.14. The van der Waals surface area contributed by atoms with Gasteiger partial charge in [0.2, 0.25) is 5.95 Å². The second-order valence-corrected chi connectivity index (χ2v) is 4.93. The fraction of sp³-hybridized carbons (Fsp3) is 0.176. The zero-order valence-electron chi connectivity index (χ0n) is 12.2. The van der Waals surface area contributed by atoms with Crippen molar-refractivity contribution in [3.05, 3.63) is 54.1 Å². The first kappa shape index (κ1) is 13.4. The van der Waals surface area contributed by atoms with Gasteiger partial charge in [-0.1, -0.05) is 29.8 Å². The molecule has 0 amide bonds. The van der Waals surface area contributed by atoms with Crippen molar-refractivity contribution in [3.63, 3.8) is 0 Å². The number of hydrogen-bond donors (Lipinski definition) is 2. The Hall–Kier alpha value is -2.62. The van der Waals surface area contributed by atoms with Gasteiger partial charge in [-0.15, -0.1) is 0 Å². The first-order valence-corrected chi connectivity index (χ1v) is 7.10. The second kappa shape index (κ2) is 5.79. The Labute approximate surface area is 124 Å². The highest BCUT2D eigenvalue weighted by atomic mass is 15.1. The molecule has 4 nitrogen and oxygen atoms in total. The fourth-order valence-electron chi connectivity index (χ4n) is 2.20. The van der Waals surface area contributed by atoms with Crippen LogP contribution in [0, 0.1) is 6.92 Å². The molecule has 0 aliphatic carbocycles. The largest absolute Gasteiger partial charge is 0.370 e. The summed E-state index contributed by atoms with van der Waals surface area (Å²) in [6.07, 6.45) is 0. The van der Waals surface area contributed by atoms with Crippen LogP contribution in [0.15, 0.2) is 48.5 Å². The molecule has 0 aliphatic heterocycles. The lowest BCUT2D eigenvalue weighted by atomic mass is 10.2. The van der Waals surface area contributed by atoms with Crippen molar-refractivity contribution in [2.24, 2.45) is 0 Å². The average molecular weight is 278 g/mol. The number of rotatable bonds is 4. The SMILES string of the molecule is CCNc1nc(Nc2ccc(C)cc2)nc2ccccc12. The van der Waals surface area contributed by atoms with Crippen LogP contribution in [-0.2, 0) is 0 Å². The highest BCUT2D eigenvalue weighted by Crippen LogP contribution is 2.23. The molecule has 106 valence electrons. The van der Waals surface area contributed by atoms with Crippen LogP contribution >= 0.6 is 0 Å². The van der Waals surface area contributed by atoms with Crippen LogP contribution in [0.25, 0.3) is 10.9 Å². The minimum absolute atomic E-state index is 0.605. The molecular formula is C17H18N4. The van der Waals surface area contributed by atoms with E-state index in [1.807, 2.05) is 36.4 Å². The van der Waals surface area contributed by atoms with Crippen LogP contribution in [0.5, 0.6) is 0 Å². The molecule has 2 N–H and O–H groups in total. The average Bonchev–Trinajstić information content (AvgIpc) is 2.50. The van der Waals surface area contributed by atoms with Gasteiger partial charge in [-0.05, 0) is 38.1 Å². The Morgan fingerprint density at radius 2 is 1.71 bits per heavy atom. The molecule has 0 aliphatic rings. The molecular weight excluding hydrogens is 260 g/mol. The molecule has 21 heavy (non-hydrogen) atoms. The summed E-state index contributed by atoms with van der Waals surface area (Å²) in [6, 6.07) is 16.2. The topological polar surface area (TPSA) is 49.8 Å². The molecule has 3 aromatic rings. The molecule has 0 saturated heterocycles. The highest BCUT2D eigenvalue weighted by molar-refractivity contribution is 5.90. The Kier molecular flexibility index (Phi) is 3.69. The van der Waals surface area contributed by atoms with E-state index in [1.165, 1.54) is 5.56 Å². The number of para-hydroxylation sites is 1. The zero-order valence-corrected chi connectivity index (χ0v) is 12.2. The summed E-state index contributed by atoms with van der Waals surface area (Å²) in [5.74, 6) is 1.46. The summed E-state index contributed by atoms with van der Waals surface area (Å²) in [7, 11) is 0. The van der Waals surface area contributed by atoms with Gasteiger partial charge in [0.05, 0.1) is 5.52 Å². The van der Waals surface area contributed by atoms with Crippen LogP contribution in [-0.4, -0.2) is 16.5 Å². The molecule has 0 fully saturated rings. The number of nitrogens with zero attached hydrogens (tertiary/aromatic N) is 2. The first-order valence-electron chi connectivity index (χ1n) is 7.10. The summed E-state index contributed by atoms with van der Waals surface area (Å²) in [6.45, 7) is 4.95. The van der Waals surface area contributed by atoms with Gasteiger partial charge >= 0.3 is 0 Å². The molecule has 3 rings (SSSR count). The van der Waals surface area contributed by atoms with Crippen molar-refractivity contribution < 1.29 is 0 Å². The first-order chi connectivity index (χ1) is 10.3. The lowest BCUT2D eigenvalue weighted by Crippen LogP contribution is -2.04. The maximum Gasteiger partial charge on any atom is 0.229 e. The van der Waals surface area contributed by atoms with Crippen molar-refractivity contribution in [2.45, 2.75) is 13.8 Å². The molecule has 2 aromatic carbocycles. The normalized spacial score (nSPS) is 10.6. The maximum absolute atomic E-state index is 4.58. The van der Waals surface area contributed by atoms with Gasteiger partial charge in [0, 0.05) is 17.6 Å². The number of fused-ring (bicyclic) bond motifs is 1. The van der Waals surface area contributed by atoms with E-state index in [1.54, 1.807) is 0 Å². The predicted octanol–water partition coefficient (Wildman–Crippen LogP) is 4.11. The summed E-state index contributed by atoms with van der Waals surface area (Å²) in [4.78, 5) is 9.15. The summed E-state index contributed by atoms with van der Waals surface area (Å²) >= 11 is 0. The molecule has 1 aromatic heterocycles. The Bertz CT molecular complexity index is 750. The third-order valence-corrected chi connectivity index (χ3v) is 3.26. The minimum Gasteiger partial charge on any atom is -0.370 e. The van der Waals surface area contributed by atoms with Crippen LogP contribution < -0.4 is 10.6 Å². The lowest BCUT2D eigenvalue weighted by Gasteiger charge is -2.11. The number of benzene rings is 2. The van der Waals surface area contributed by atoms with E-state index in [0.717, 1.165) is 29.0 Å². The number of aryl methyl sites for hydroxylation is 1. The van der Waals surface area contributed by atoms with Gasteiger partial charge < -0.3 is 10.6 Å². The smallest absolute Gasteiger partial charge is 0.229 e. The Morgan fingerprint density at radius 3 is 2.48 bits per heavy atom. The van der Waals surface area contributed by atoms with E-state index in [4.69, 9.17) is 0 Å². The molecule has 0 atom stereocenters. The van der Waals surface area contributed by atoms with Crippen molar-refractivity contribution in [1.29, 1.82) is 0 Å². The van der Waals surface area contributed by atoms with Gasteiger partial charge in [0.25, 0.3) is 0 Å². The Balaban J connectivity index is 2.00. The predicted molar refractivity (Wildman–Crippen MR) is 88.2 cm³/mol. The van der Waals surface area contributed by atoms with Crippen molar-refractivity contribution in [1.82, 2.24) is 9.97 Å². The van der Waals surface area contributed by atoms with Gasteiger partial charge in [-0.3, -0.25) is 0 Å². The van der Waals surface area contributed by atoms with Crippen molar-refractivity contribution in [2.75, 3.05) is 17.2 Å². The molecule has 0 bridgehead atoms. The van der Waals surface area contributed by atoms with E-state index in [0.29, 0.717) is 5.95 Å². The number of nitrogens with one attached hydrogen (secondary N) is 2. The van der Waals surface area contributed by atoms with Gasteiger partial charge in [-0.25, -0.2) is 4.98 Å². The van der Waals surface area contributed by atoms with Crippen molar-refractivity contribution in [3.8, 4) is 0 Å². The second-order valence-electron chi connectivity index (χ2n) is 4.93. The standard InChI is InChI=1S/C17H18N4/c1-3-18-16-14-6-4-5-7-15(14)20-17(21-16)19-13-10-8-12(2)9-11-13/h4-11H,3H2,1-2H3,(H2,18,19,20,21). The van der Waals surface area contributed by atoms with Crippen LogP contribution in [0.2, 0.25) is 0 Å². The lowest BCUT2D eigenvalue weighted by molar-refractivity contribution is 1.14. The summed E-state index contributed by atoms with van der Waals surface area (Å²) < 4.78 is 0. The van der Waals surface area contributed by atoms with E-state index in [2.05, 4.69) is 46.6 Å². The number of anilines is 3.